The zero-order valence-corrected chi connectivity index (χ0v) is 11.0. The molecule has 1 aromatic carbocycles. The Morgan fingerprint density at radius 3 is 2.20 bits per heavy atom. The Morgan fingerprint density at radius 2 is 1.70 bits per heavy atom. The van der Waals surface area contributed by atoms with Gasteiger partial charge in [-0.2, -0.15) is 13.2 Å². The van der Waals surface area contributed by atoms with Gasteiger partial charge in [0.1, 0.15) is 0 Å². The smallest absolute Gasteiger partial charge is 0.226 e. The number of sulfone groups is 1. The van der Waals surface area contributed by atoms with Crippen molar-refractivity contribution in [3.05, 3.63) is 42.2 Å². The van der Waals surface area contributed by atoms with Crippen LogP contribution in [0.5, 0.6) is 0 Å². The highest BCUT2D eigenvalue weighted by Gasteiger charge is 2.37. The molecule has 0 unspecified atom stereocenters. The van der Waals surface area contributed by atoms with Gasteiger partial charge in [-0.1, -0.05) is 30.3 Å². The maximum atomic E-state index is 13.0. The van der Waals surface area contributed by atoms with Gasteiger partial charge >= 0.3 is 6.18 Å². The maximum Gasteiger partial charge on any atom is 0.434 e. The van der Waals surface area contributed by atoms with Crippen LogP contribution in [0.25, 0.3) is 11.1 Å². The Balaban J connectivity index is 2.71. The lowest BCUT2D eigenvalue weighted by molar-refractivity contribution is -0.141. The van der Waals surface area contributed by atoms with Gasteiger partial charge in [0.15, 0.2) is 5.69 Å². The van der Waals surface area contributed by atoms with Crippen molar-refractivity contribution in [1.29, 1.82) is 0 Å². The highest BCUT2D eigenvalue weighted by Crippen LogP contribution is 2.35. The Morgan fingerprint density at radius 1 is 1.10 bits per heavy atom. The van der Waals surface area contributed by atoms with Crippen LogP contribution in [0.1, 0.15) is 5.69 Å². The summed E-state index contributed by atoms with van der Waals surface area (Å²) in [6.07, 6.45) is -3.14. The van der Waals surface area contributed by atoms with E-state index in [-0.39, 0.29) is 11.1 Å². The summed E-state index contributed by atoms with van der Waals surface area (Å²) in [5.74, 6) is 0. The minimum absolute atomic E-state index is 0.259. The summed E-state index contributed by atoms with van der Waals surface area (Å²) < 4.78 is 61.6. The maximum absolute atomic E-state index is 13.0. The number of nitrogens with zero attached hydrogens (tertiary/aromatic N) is 2. The first kappa shape index (κ1) is 14.4. The quantitative estimate of drug-likeness (QED) is 0.800. The molecule has 2 rings (SSSR count). The van der Waals surface area contributed by atoms with Gasteiger partial charge in [-0.05, 0) is 5.56 Å². The summed E-state index contributed by atoms with van der Waals surface area (Å²) in [6.45, 7) is 0. The van der Waals surface area contributed by atoms with Crippen LogP contribution in [0.15, 0.2) is 41.7 Å². The van der Waals surface area contributed by atoms with E-state index in [1.165, 1.54) is 12.1 Å². The number of alkyl halides is 3. The van der Waals surface area contributed by atoms with Crippen molar-refractivity contribution in [3.8, 4) is 11.1 Å². The molecule has 0 amide bonds. The molecule has 0 radical (unpaired) electrons. The lowest BCUT2D eigenvalue weighted by Gasteiger charge is -2.12. The van der Waals surface area contributed by atoms with Crippen LogP contribution in [0.4, 0.5) is 13.2 Å². The van der Waals surface area contributed by atoms with Crippen LogP contribution < -0.4 is 0 Å². The average Bonchev–Trinajstić information content (AvgIpc) is 2.37. The average molecular weight is 302 g/mol. The zero-order chi connectivity index (χ0) is 15.0. The summed E-state index contributed by atoms with van der Waals surface area (Å²) >= 11 is 0. The Bertz CT molecular complexity index is 728. The molecule has 20 heavy (non-hydrogen) atoms. The fourth-order valence-corrected chi connectivity index (χ4v) is 2.09. The minimum atomic E-state index is -4.77. The molecular formula is C12H9F3N2O2S. The fraction of sp³-hybridized carbons (Fsp3) is 0.167. The predicted octanol–water partition coefficient (Wildman–Crippen LogP) is 2.57. The lowest BCUT2D eigenvalue weighted by Crippen LogP contribution is -2.15. The zero-order valence-electron chi connectivity index (χ0n) is 10.2. The van der Waals surface area contributed by atoms with Crippen molar-refractivity contribution in [2.24, 2.45) is 0 Å². The van der Waals surface area contributed by atoms with E-state index >= 15 is 0 Å². The van der Waals surface area contributed by atoms with Crippen LogP contribution in [-0.2, 0) is 16.0 Å². The summed E-state index contributed by atoms with van der Waals surface area (Å²) in [5, 5.41) is -0.843. The number of hydrogen-bond donors (Lipinski definition) is 0. The molecule has 0 N–H and O–H groups in total. The molecular weight excluding hydrogens is 293 g/mol. The van der Waals surface area contributed by atoms with Crippen LogP contribution in [-0.4, -0.2) is 24.6 Å². The van der Waals surface area contributed by atoms with Crippen molar-refractivity contribution in [2.45, 2.75) is 11.3 Å². The molecule has 4 nitrogen and oxygen atoms in total. The first-order chi connectivity index (χ1) is 9.19. The SMILES string of the molecule is CS(=O)(=O)c1ncc(-c2ccccc2)c(C(F)(F)F)n1. The third kappa shape index (κ3) is 2.96. The van der Waals surface area contributed by atoms with Gasteiger partial charge in [0.25, 0.3) is 0 Å². The van der Waals surface area contributed by atoms with Gasteiger partial charge in [-0.3, -0.25) is 0 Å². The molecule has 106 valence electrons. The standard InChI is InChI=1S/C12H9F3N2O2S/c1-20(18,19)11-16-7-9(8-5-3-2-4-6-8)10(17-11)12(13,14)15/h2-7H,1H3. The summed E-state index contributed by atoms with van der Waals surface area (Å²) in [5.41, 5.74) is -1.26. The Labute approximate surface area is 113 Å². The summed E-state index contributed by atoms with van der Waals surface area (Å²) in [6, 6.07) is 7.73. The lowest BCUT2D eigenvalue weighted by atomic mass is 10.1. The molecule has 0 aliphatic rings. The van der Waals surface area contributed by atoms with Gasteiger partial charge in [0.2, 0.25) is 15.0 Å². The molecule has 8 heteroatoms. The number of aromatic nitrogens is 2. The molecule has 0 spiro atoms. The molecule has 0 atom stereocenters. The molecule has 2 aromatic rings. The number of benzene rings is 1. The second kappa shape index (κ2) is 4.86. The highest BCUT2D eigenvalue weighted by atomic mass is 32.2. The molecule has 0 saturated carbocycles. The highest BCUT2D eigenvalue weighted by molar-refractivity contribution is 7.90. The topological polar surface area (TPSA) is 59.9 Å². The molecule has 0 bridgehead atoms. The van der Waals surface area contributed by atoms with Crippen LogP contribution >= 0.6 is 0 Å². The molecule has 1 heterocycles. The van der Waals surface area contributed by atoms with E-state index in [4.69, 9.17) is 0 Å². The first-order valence-corrected chi connectivity index (χ1v) is 7.28. The second-order valence-electron chi connectivity index (χ2n) is 4.05. The van der Waals surface area contributed by atoms with Crippen molar-refractivity contribution >= 4 is 9.84 Å². The Kier molecular flexibility index (Phi) is 3.51. The fourth-order valence-electron chi connectivity index (χ4n) is 1.59. The van der Waals surface area contributed by atoms with E-state index in [0.29, 0.717) is 0 Å². The van der Waals surface area contributed by atoms with Gasteiger partial charge in [-0.15, -0.1) is 0 Å². The number of halogens is 3. The largest absolute Gasteiger partial charge is 0.434 e. The summed E-state index contributed by atoms with van der Waals surface area (Å²) in [7, 11) is -3.91. The molecule has 0 aliphatic heterocycles. The molecule has 1 aromatic heterocycles. The van der Waals surface area contributed by atoms with Gasteiger partial charge in [-0.25, -0.2) is 18.4 Å². The van der Waals surface area contributed by atoms with E-state index in [2.05, 4.69) is 9.97 Å². The van der Waals surface area contributed by atoms with Gasteiger partial charge < -0.3 is 0 Å². The molecule has 0 saturated heterocycles. The first-order valence-electron chi connectivity index (χ1n) is 5.39. The van der Waals surface area contributed by atoms with Crippen LogP contribution in [0, 0.1) is 0 Å². The Hall–Kier alpha value is -1.96. The van der Waals surface area contributed by atoms with Crippen molar-refractivity contribution in [1.82, 2.24) is 9.97 Å². The van der Waals surface area contributed by atoms with E-state index in [1.807, 2.05) is 0 Å². The predicted molar refractivity (Wildman–Crippen MR) is 65.6 cm³/mol. The van der Waals surface area contributed by atoms with E-state index in [1.54, 1.807) is 18.2 Å². The van der Waals surface area contributed by atoms with Crippen LogP contribution in [0.2, 0.25) is 0 Å². The van der Waals surface area contributed by atoms with E-state index in [0.717, 1.165) is 12.5 Å². The monoisotopic (exact) mass is 302 g/mol. The number of rotatable bonds is 2. The molecule has 0 aliphatic carbocycles. The summed E-state index contributed by atoms with van der Waals surface area (Å²) in [4.78, 5) is 6.67. The second-order valence-corrected chi connectivity index (χ2v) is 5.96. The number of hydrogen-bond acceptors (Lipinski definition) is 4. The van der Waals surface area contributed by atoms with E-state index < -0.39 is 26.9 Å². The van der Waals surface area contributed by atoms with Crippen molar-refractivity contribution in [3.63, 3.8) is 0 Å². The third-order valence-electron chi connectivity index (χ3n) is 2.45. The van der Waals surface area contributed by atoms with Crippen molar-refractivity contribution < 1.29 is 21.6 Å². The van der Waals surface area contributed by atoms with Gasteiger partial charge in [0, 0.05) is 18.0 Å². The van der Waals surface area contributed by atoms with Crippen LogP contribution in [0.3, 0.4) is 0 Å². The normalized spacial score (nSPS) is 12.4. The third-order valence-corrected chi connectivity index (χ3v) is 3.31. The minimum Gasteiger partial charge on any atom is -0.226 e. The van der Waals surface area contributed by atoms with Crippen molar-refractivity contribution in [2.75, 3.05) is 6.26 Å². The van der Waals surface area contributed by atoms with Gasteiger partial charge in [0.05, 0.1) is 0 Å². The van der Waals surface area contributed by atoms with E-state index in [9.17, 15) is 21.6 Å². The molecule has 0 fully saturated rings.